The fourth-order valence-electron chi connectivity index (χ4n) is 1.41. The molecule has 0 aliphatic rings. The molecule has 0 fully saturated rings. The van der Waals surface area contributed by atoms with Crippen molar-refractivity contribution in [2.45, 2.75) is 0 Å². The second-order valence-electron chi connectivity index (χ2n) is 3.67. The van der Waals surface area contributed by atoms with E-state index >= 15 is 0 Å². The van der Waals surface area contributed by atoms with Gasteiger partial charge in [0.2, 0.25) is 0 Å². The number of nitro groups is 1. The second-order valence-corrected chi connectivity index (χ2v) is 3.67. The second kappa shape index (κ2) is 7.49. The number of rotatable bonds is 8. The Morgan fingerprint density at radius 2 is 1.89 bits per heavy atom. The van der Waals surface area contributed by atoms with Crippen molar-refractivity contribution in [3.05, 3.63) is 28.0 Å². The van der Waals surface area contributed by atoms with Crippen LogP contribution in [-0.2, 0) is 9.47 Å². The van der Waals surface area contributed by atoms with E-state index in [1.54, 1.807) is 0 Å². The summed E-state index contributed by atoms with van der Waals surface area (Å²) in [6, 6.07) is 2.44. The Balaban J connectivity index is 2.75. The number of hydrogen-bond acceptors (Lipinski definition) is 6. The van der Waals surface area contributed by atoms with Gasteiger partial charge in [0.15, 0.2) is 5.76 Å². The van der Waals surface area contributed by atoms with Crippen LogP contribution >= 0.6 is 0 Å². The highest BCUT2D eigenvalue weighted by atomic mass is 16.6. The van der Waals surface area contributed by atoms with E-state index in [1.165, 1.54) is 25.2 Å². The molecule has 0 N–H and O–H groups in total. The highest BCUT2D eigenvalue weighted by molar-refractivity contribution is 5.91. The van der Waals surface area contributed by atoms with E-state index in [1.807, 2.05) is 0 Å². The third-order valence-electron chi connectivity index (χ3n) is 2.40. The Morgan fingerprint density at radius 3 is 2.32 bits per heavy atom. The van der Waals surface area contributed by atoms with Gasteiger partial charge in [0.05, 0.1) is 19.3 Å². The van der Waals surface area contributed by atoms with Crippen LogP contribution in [0.25, 0.3) is 0 Å². The summed E-state index contributed by atoms with van der Waals surface area (Å²) < 4.78 is 14.7. The maximum Gasteiger partial charge on any atom is 0.433 e. The monoisotopic (exact) mass is 272 g/mol. The van der Waals surface area contributed by atoms with Crippen molar-refractivity contribution in [1.82, 2.24) is 4.90 Å². The molecular formula is C11H16N2O6. The third kappa shape index (κ3) is 4.34. The molecule has 1 rings (SSSR count). The molecule has 1 heterocycles. The van der Waals surface area contributed by atoms with E-state index < -0.39 is 16.7 Å². The van der Waals surface area contributed by atoms with Crippen molar-refractivity contribution in [2.75, 3.05) is 40.5 Å². The van der Waals surface area contributed by atoms with Crippen LogP contribution in [0.15, 0.2) is 16.5 Å². The minimum atomic E-state index is -0.689. The number of ether oxygens (including phenoxy) is 2. The van der Waals surface area contributed by atoms with Gasteiger partial charge in [0.25, 0.3) is 5.91 Å². The van der Waals surface area contributed by atoms with Crippen LogP contribution in [0.3, 0.4) is 0 Å². The summed E-state index contributed by atoms with van der Waals surface area (Å²) in [5.41, 5.74) is 0. The molecule has 0 bridgehead atoms. The molecule has 1 amide bonds. The quantitative estimate of drug-likeness (QED) is 0.516. The van der Waals surface area contributed by atoms with Gasteiger partial charge in [-0.25, -0.2) is 0 Å². The average Bonchev–Trinajstić information content (AvgIpc) is 2.88. The fraction of sp³-hybridized carbons (Fsp3) is 0.545. The predicted molar refractivity (Wildman–Crippen MR) is 65.0 cm³/mol. The van der Waals surface area contributed by atoms with Crippen LogP contribution in [-0.4, -0.2) is 56.3 Å². The number of nitrogens with zero attached hydrogens (tertiary/aromatic N) is 2. The SMILES string of the molecule is COCCN(CCOC)C(=O)c1ccc([N+](=O)[O-])o1. The minimum Gasteiger partial charge on any atom is -0.395 e. The summed E-state index contributed by atoms with van der Waals surface area (Å²) >= 11 is 0. The number of carbonyl (C=O) groups is 1. The molecule has 0 aliphatic carbocycles. The van der Waals surface area contributed by atoms with E-state index in [9.17, 15) is 14.9 Å². The van der Waals surface area contributed by atoms with Crippen LogP contribution in [0.2, 0.25) is 0 Å². The number of amides is 1. The lowest BCUT2D eigenvalue weighted by molar-refractivity contribution is -0.402. The van der Waals surface area contributed by atoms with Crippen LogP contribution in [0, 0.1) is 10.1 Å². The summed E-state index contributed by atoms with van der Waals surface area (Å²) in [5.74, 6) is -0.956. The summed E-state index contributed by atoms with van der Waals surface area (Å²) in [6.45, 7) is 1.43. The van der Waals surface area contributed by atoms with E-state index in [4.69, 9.17) is 13.9 Å². The van der Waals surface area contributed by atoms with Crippen molar-refractivity contribution < 1.29 is 23.6 Å². The molecule has 0 unspecified atom stereocenters. The Labute approximate surface area is 110 Å². The molecule has 0 spiro atoms. The Kier molecular flexibility index (Phi) is 5.97. The average molecular weight is 272 g/mol. The van der Waals surface area contributed by atoms with E-state index in [-0.39, 0.29) is 5.76 Å². The predicted octanol–water partition coefficient (Wildman–Crippen LogP) is 0.923. The number of methoxy groups -OCH3 is 2. The normalized spacial score (nSPS) is 10.4. The lowest BCUT2D eigenvalue weighted by Gasteiger charge is -2.20. The molecule has 1 aromatic heterocycles. The molecule has 0 atom stereocenters. The summed E-state index contributed by atoms with van der Waals surface area (Å²) in [4.78, 5) is 23.4. The number of carbonyl (C=O) groups excluding carboxylic acids is 1. The molecule has 8 nitrogen and oxygen atoms in total. The van der Waals surface area contributed by atoms with E-state index in [2.05, 4.69) is 0 Å². The first-order valence-electron chi connectivity index (χ1n) is 5.61. The van der Waals surface area contributed by atoms with Gasteiger partial charge in [0.1, 0.15) is 4.92 Å². The van der Waals surface area contributed by atoms with Crippen LogP contribution in [0.4, 0.5) is 5.88 Å². The van der Waals surface area contributed by atoms with Crippen molar-refractivity contribution in [3.8, 4) is 0 Å². The first kappa shape index (κ1) is 15.1. The Morgan fingerprint density at radius 1 is 1.32 bits per heavy atom. The van der Waals surface area contributed by atoms with Gasteiger partial charge >= 0.3 is 5.88 Å². The van der Waals surface area contributed by atoms with Gasteiger partial charge in [-0.1, -0.05) is 0 Å². The molecule has 106 valence electrons. The molecule has 8 heteroatoms. The van der Waals surface area contributed by atoms with Crippen LogP contribution in [0.1, 0.15) is 10.6 Å². The van der Waals surface area contributed by atoms with Gasteiger partial charge in [-0.15, -0.1) is 0 Å². The smallest absolute Gasteiger partial charge is 0.395 e. The standard InChI is InChI=1S/C11H16N2O6/c1-17-7-5-12(6-8-18-2)11(14)9-3-4-10(19-9)13(15)16/h3-4H,5-8H2,1-2H3. The topological polar surface area (TPSA) is 95.0 Å². The van der Waals surface area contributed by atoms with Crippen LogP contribution < -0.4 is 0 Å². The molecule has 0 radical (unpaired) electrons. The van der Waals surface area contributed by atoms with Crippen molar-refractivity contribution in [3.63, 3.8) is 0 Å². The fourth-order valence-corrected chi connectivity index (χ4v) is 1.41. The molecular weight excluding hydrogens is 256 g/mol. The molecule has 0 saturated carbocycles. The summed E-state index contributed by atoms with van der Waals surface area (Å²) in [7, 11) is 3.05. The largest absolute Gasteiger partial charge is 0.433 e. The van der Waals surface area contributed by atoms with E-state index in [0.717, 1.165) is 6.07 Å². The van der Waals surface area contributed by atoms with Gasteiger partial charge in [-0.2, -0.15) is 0 Å². The zero-order valence-corrected chi connectivity index (χ0v) is 10.8. The molecule has 0 aromatic carbocycles. The molecule has 0 aliphatic heterocycles. The lowest BCUT2D eigenvalue weighted by Crippen LogP contribution is -2.36. The summed E-state index contributed by atoms with van der Waals surface area (Å²) in [6.07, 6.45) is 0. The van der Waals surface area contributed by atoms with Crippen LogP contribution in [0.5, 0.6) is 0 Å². The molecule has 0 saturated heterocycles. The van der Waals surface area contributed by atoms with Gasteiger partial charge in [-0.3, -0.25) is 14.9 Å². The third-order valence-corrected chi connectivity index (χ3v) is 2.40. The zero-order valence-electron chi connectivity index (χ0n) is 10.8. The maximum absolute atomic E-state index is 12.1. The first-order valence-corrected chi connectivity index (χ1v) is 5.61. The highest BCUT2D eigenvalue weighted by Crippen LogP contribution is 2.17. The lowest BCUT2D eigenvalue weighted by atomic mass is 10.3. The zero-order chi connectivity index (χ0) is 14.3. The van der Waals surface area contributed by atoms with Crippen molar-refractivity contribution in [1.29, 1.82) is 0 Å². The maximum atomic E-state index is 12.1. The minimum absolute atomic E-state index is 0.0705. The van der Waals surface area contributed by atoms with Crippen molar-refractivity contribution >= 4 is 11.8 Å². The van der Waals surface area contributed by atoms with Gasteiger partial charge in [0, 0.05) is 27.3 Å². The number of hydrogen-bond donors (Lipinski definition) is 0. The number of furan rings is 1. The van der Waals surface area contributed by atoms with Crippen molar-refractivity contribution in [2.24, 2.45) is 0 Å². The van der Waals surface area contributed by atoms with E-state index in [0.29, 0.717) is 26.3 Å². The molecule has 19 heavy (non-hydrogen) atoms. The van der Waals surface area contributed by atoms with Gasteiger partial charge < -0.3 is 18.8 Å². The highest BCUT2D eigenvalue weighted by Gasteiger charge is 2.22. The first-order chi connectivity index (χ1) is 9.10. The Bertz CT molecular complexity index is 423. The Hall–Kier alpha value is -1.93. The van der Waals surface area contributed by atoms with Gasteiger partial charge in [-0.05, 0) is 6.07 Å². The molecule has 1 aromatic rings. The summed E-state index contributed by atoms with van der Waals surface area (Å²) in [5, 5.41) is 10.5.